The van der Waals surface area contributed by atoms with Crippen LogP contribution < -0.4 is 10.6 Å². The van der Waals surface area contributed by atoms with Gasteiger partial charge >= 0.3 is 0 Å². The first-order valence-electron chi connectivity index (χ1n) is 7.31. The van der Waals surface area contributed by atoms with E-state index in [0.29, 0.717) is 6.04 Å². The van der Waals surface area contributed by atoms with Crippen LogP contribution in [0.5, 0.6) is 0 Å². The first kappa shape index (κ1) is 13.9. The van der Waals surface area contributed by atoms with E-state index in [0.717, 1.165) is 17.3 Å². The van der Waals surface area contributed by atoms with Crippen LogP contribution in [-0.4, -0.2) is 11.9 Å². The molecule has 2 N–H and O–H groups in total. The third-order valence-corrected chi connectivity index (χ3v) is 3.91. The summed E-state index contributed by atoms with van der Waals surface area (Å²) in [6.07, 6.45) is 6.49. The minimum Gasteiger partial charge on any atom is -0.382 e. The highest BCUT2D eigenvalue weighted by Gasteiger charge is 2.20. The molecule has 1 aliphatic rings. The predicted octanol–water partition coefficient (Wildman–Crippen LogP) is 4.03. The molecule has 3 nitrogen and oxygen atoms in total. The molecule has 2 unspecified atom stereocenters. The standard InChI is InChI=1S/C16H24N2O/c1-3-13-6-4-7-14(10-13)18-16-9-5-8-15(11-16)17-12(2)19/h5,8-9,11,13-14,18H,3-4,6-7,10H2,1-2H3,(H,17,19). The number of hydrogen-bond donors (Lipinski definition) is 2. The van der Waals surface area contributed by atoms with Gasteiger partial charge in [-0.3, -0.25) is 4.79 Å². The topological polar surface area (TPSA) is 41.1 Å². The van der Waals surface area contributed by atoms with Crippen LogP contribution in [-0.2, 0) is 4.79 Å². The molecule has 2 rings (SSSR count). The summed E-state index contributed by atoms with van der Waals surface area (Å²) < 4.78 is 0. The van der Waals surface area contributed by atoms with Gasteiger partial charge in [0.1, 0.15) is 0 Å². The average molecular weight is 260 g/mol. The molecule has 104 valence electrons. The Morgan fingerprint density at radius 2 is 2.11 bits per heavy atom. The molecular weight excluding hydrogens is 236 g/mol. The summed E-state index contributed by atoms with van der Waals surface area (Å²) in [4.78, 5) is 11.1. The highest BCUT2D eigenvalue weighted by Crippen LogP contribution is 2.29. The van der Waals surface area contributed by atoms with Gasteiger partial charge in [0.25, 0.3) is 0 Å². The van der Waals surface area contributed by atoms with E-state index in [4.69, 9.17) is 0 Å². The molecule has 0 bridgehead atoms. The van der Waals surface area contributed by atoms with Crippen LogP contribution in [0.2, 0.25) is 0 Å². The first-order valence-corrected chi connectivity index (χ1v) is 7.31. The molecule has 1 amide bonds. The monoisotopic (exact) mass is 260 g/mol. The molecule has 1 aromatic rings. The average Bonchev–Trinajstić information content (AvgIpc) is 2.38. The predicted molar refractivity (Wildman–Crippen MR) is 80.4 cm³/mol. The van der Waals surface area contributed by atoms with Crippen molar-refractivity contribution in [1.82, 2.24) is 0 Å². The maximum absolute atomic E-state index is 11.1. The van der Waals surface area contributed by atoms with E-state index in [2.05, 4.69) is 23.6 Å². The van der Waals surface area contributed by atoms with Gasteiger partial charge in [0.2, 0.25) is 5.91 Å². The van der Waals surface area contributed by atoms with Crippen LogP contribution in [0, 0.1) is 5.92 Å². The molecule has 0 saturated heterocycles. The molecule has 1 saturated carbocycles. The van der Waals surface area contributed by atoms with Crippen molar-refractivity contribution in [3.05, 3.63) is 24.3 Å². The van der Waals surface area contributed by atoms with Gasteiger partial charge in [-0.15, -0.1) is 0 Å². The molecule has 3 heteroatoms. The molecule has 2 atom stereocenters. The molecule has 0 radical (unpaired) electrons. The van der Waals surface area contributed by atoms with Gasteiger partial charge < -0.3 is 10.6 Å². The molecule has 1 aliphatic carbocycles. The number of rotatable bonds is 4. The second-order valence-corrected chi connectivity index (χ2v) is 5.54. The molecule has 0 heterocycles. The van der Waals surface area contributed by atoms with Crippen molar-refractivity contribution < 1.29 is 4.79 Å². The normalized spacial score (nSPS) is 22.8. The Labute approximate surface area is 115 Å². The Bertz CT molecular complexity index is 431. The maximum atomic E-state index is 11.1. The van der Waals surface area contributed by atoms with Gasteiger partial charge in [0, 0.05) is 24.3 Å². The lowest BCUT2D eigenvalue weighted by Crippen LogP contribution is -2.27. The highest BCUT2D eigenvalue weighted by molar-refractivity contribution is 5.89. The van der Waals surface area contributed by atoms with Crippen molar-refractivity contribution in [2.75, 3.05) is 10.6 Å². The zero-order valence-electron chi connectivity index (χ0n) is 11.9. The second kappa shape index (κ2) is 6.60. The van der Waals surface area contributed by atoms with Gasteiger partial charge in [-0.1, -0.05) is 32.3 Å². The zero-order valence-corrected chi connectivity index (χ0v) is 11.9. The van der Waals surface area contributed by atoms with Crippen molar-refractivity contribution >= 4 is 17.3 Å². The van der Waals surface area contributed by atoms with Gasteiger partial charge in [0.15, 0.2) is 0 Å². The number of benzene rings is 1. The van der Waals surface area contributed by atoms with E-state index >= 15 is 0 Å². The first-order chi connectivity index (χ1) is 9.17. The summed E-state index contributed by atoms with van der Waals surface area (Å²) in [5.41, 5.74) is 1.97. The smallest absolute Gasteiger partial charge is 0.221 e. The Morgan fingerprint density at radius 1 is 1.32 bits per heavy atom. The molecule has 0 aliphatic heterocycles. The van der Waals surface area contributed by atoms with Gasteiger partial charge in [-0.2, -0.15) is 0 Å². The molecule has 0 aromatic heterocycles. The second-order valence-electron chi connectivity index (χ2n) is 5.54. The van der Waals surface area contributed by atoms with E-state index in [1.165, 1.54) is 39.0 Å². The van der Waals surface area contributed by atoms with Crippen LogP contribution in [0.15, 0.2) is 24.3 Å². The van der Waals surface area contributed by atoms with Crippen LogP contribution in [0.25, 0.3) is 0 Å². The van der Waals surface area contributed by atoms with Gasteiger partial charge in [-0.05, 0) is 37.0 Å². The summed E-state index contributed by atoms with van der Waals surface area (Å²) in [6, 6.07) is 8.56. The Balaban J connectivity index is 1.96. The van der Waals surface area contributed by atoms with Crippen molar-refractivity contribution in [2.24, 2.45) is 5.92 Å². The Hall–Kier alpha value is -1.51. The van der Waals surface area contributed by atoms with E-state index < -0.39 is 0 Å². The zero-order chi connectivity index (χ0) is 13.7. The quantitative estimate of drug-likeness (QED) is 0.858. The molecule has 1 aromatic carbocycles. The number of anilines is 2. The molecule has 19 heavy (non-hydrogen) atoms. The van der Waals surface area contributed by atoms with Crippen molar-refractivity contribution in [3.8, 4) is 0 Å². The minimum absolute atomic E-state index is 0.0270. The van der Waals surface area contributed by atoms with Gasteiger partial charge in [0.05, 0.1) is 0 Å². The third-order valence-electron chi connectivity index (χ3n) is 3.91. The van der Waals surface area contributed by atoms with Crippen molar-refractivity contribution in [1.29, 1.82) is 0 Å². The lowest BCUT2D eigenvalue weighted by molar-refractivity contribution is -0.114. The number of amides is 1. The maximum Gasteiger partial charge on any atom is 0.221 e. The number of carbonyl (C=O) groups excluding carboxylic acids is 1. The van der Waals surface area contributed by atoms with Crippen LogP contribution in [0.1, 0.15) is 46.0 Å². The van der Waals surface area contributed by atoms with E-state index in [1.807, 2.05) is 18.2 Å². The lowest BCUT2D eigenvalue weighted by atomic mass is 9.84. The van der Waals surface area contributed by atoms with Crippen molar-refractivity contribution in [2.45, 2.75) is 52.0 Å². The van der Waals surface area contributed by atoms with Crippen LogP contribution in [0.4, 0.5) is 11.4 Å². The van der Waals surface area contributed by atoms with Crippen LogP contribution >= 0.6 is 0 Å². The van der Waals surface area contributed by atoms with Crippen LogP contribution in [0.3, 0.4) is 0 Å². The summed E-state index contributed by atoms with van der Waals surface area (Å²) in [7, 11) is 0. The number of carbonyl (C=O) groups is 1. The summed E-state index contributed by atoms with van der Waals surface area (Å²) >= 11 is 0. The Morgan fingerprint density at radius 3 is 2.84 bits per heavy atom. The van der Waals surface area contributed by atoms with E-state index in [1.54, 1.807) is 0 Å². The number of nitrogens with one attached hydrogen (secondary N) is 2. The molecule has 0 spiro atoms. The minimum atomic E-state index is -0.0270. The fourth-order valence-corrected chi connectivity index (χ4v) is 2.92. The SMILES string of the molecule is CCC1CCCC(Nc2cccc(NC(C)=O)c2)C1. The van der Waals surface area contributed by atoms with Gasteiger partial charge in [-0.25, -0.2) is 0 Å². The fourth-order valence-electron chi connectivity index (χ4n) is 2.92. The Kier molecular flexibility index (Phi) is 4.83. The van der Waals surface area contributed by atoms with E-state index in [-0.39, 0.29) is 5.91 Å². The summed E-state index contributed by atoms with van der Waals surface area (Å²) in [5, 5.41) is 6.43. The fraction of sp³-hybridized carbons (Fsp3) is 0.562. The lowest BCUT2D eigenvalue weighted by Gasteiger charge is -2.30. The highest BCUT2D eigenvalue weighted by atomic mass is 16.1. The molecular formula is C16H24N2O. The summed E-state index contributed by atoms with van der Waals surface area (Å²) in [6.45, 7) is 3.82. The molecule has 1 fully saturated rings. The largest absolute Gasteiger partial charge is 0.382 e. The van der Waals surface area contributed by atoms with E-state index in [9.17, 15) is 4.79 Å². The summed E-state index contributed by atoms with van der Waals surface area (Å²) in [5.74, 6) is 0.839. The van der Waals surface area contributed by atoms with Crippen molar-refractivity contribution in [3.63, 3.8) is 0 Å². The number of hydrogen-bond acceptors (Lipinski definition) is 2. The third kappa shape index (κ3) is 4.27.